The van der Waals surface area contributed by atoms with Gasteiger partial charge < -0.3 is 5.11 Å². The molecule has 1 aliphatic heterocycles. The number of piperidine rings is 1. The molecule has 0 amide bonds. The van der Waals surface area contributed by atoms with Crippen LogP contribution in [0.1, 0.15) is 25.3 Å². The molecule has 6 nitrogen and oxygen atoms in total. The van der Waals surface area contributed by atoms with Crippen LogP contribution >= 0.6 is 0 Å². The molecule has 1 heterocycles. The summed E-state index contributed by atoms with van der Waals surface area (Å²) < 4.78 is 0. The summed E-state index contributed by atoms with van der Waals surface area (Å²) in [4.78, 5) is 23.7. The van der Waals surface area contributed by atoms with E-state index in [0.29, 0.717) is 19.5 Å². The van der Waals surface area contributed by atoms with Crippen LogP contribution in [-0.4, -0.2) is 34.0 Å². The monoisotopic (exact) mass is 278 g/mol. The van der Waals surface area contributed by atoms with E-state index in [1.807, 2.05) is 6.07 Å². The van der Waals surface area contributed by atoms with Crippen molar-refractivity contribution in [2.45, 2.75) is 26.3 Å². The van der Waals surface area contributed by atoms with E-state index in [1.165, 1.54) is 6.07 Å². The molecule has 0 aliphatic carbocycles. The number of benzene rings is 1. The average Bonchev–Trinajstić information content (AvgIpc) is 2.39. The summed E-state index contributed by atoms with van der Waals surface area (Å²) in [5.41, 5.74) is 0.188. The van der Waals surface area contributed by atoms with E-state index in [-0.39, 0.29) is 5.69 Å². The Bertz CT molecular complexity index is 532. The summed E-state index contributed by atoms with van der Waals surface area (Å²) >= 11 is 0. The van der Waals surface area contributed by atoms with E-state index in [0.717, 1.165) is 18.5 Å². The van der Waals surface area contributed by atoms with Crippen LogP contribution in [0, 0.1) is 15.5 Å². The molecule has 0 radical (unpaired) electrons. The molecular weight excluding hydrogens is 260 g/mol. The van der Waals surface area contributed by atoms with Gasteiger partial charge >= 0.3 is 5.97 Å². The third-order valence-electron chi connectivity index (χ3n) is 3.82. The molecule has 0 aromatic heterocycles. The van der Waals surface area contributed by atoms with Gasteiger partial charge in [0.05, 0.1) is 10.3 Å². The molecule has 0 saturated carbocycles. The van der Waals surface area contributed by atoms with E-state index in [9.17, 15) is 20.0 Å². The summed E-state index contributed by atoms with van der Waals surface area (Å²) in [6.45, 7) is 3.61. The van der Waals surface area contributed by atoms with Crippen molar-refractivity contribution < 1.29 is 14.8 Å². The minimum Gasteiger partial charge on any atom is -0.481 e. The Kier molecular flexibility index (Phi) is 4.04. The van der Waals surface area contributed by atoms with Gasteiger partial charge in [0, 0.05) is 25.2 Å². The Morgan fingerprint density at radius 2 is 2.30 bits per heavy atom. The molecule has 2 rings (SSSR count). The van der Waals surface area contributed by atoms with Gasteiger partial charge in [0.15, 0.2) is 0 Å². The molecule has 1 aromatic rings. The molecule has 1 saturated heterocycles. The second kappa shape index (κ2) is 5.58. The summed E-state index contributed by atoms with van der Waals surface area (Å²) in [5, 5.41) is 20.0. The van der Waals surface area contributed by atoms with Crippen molar-refractivity contribution in [3.63, 3.8) is 0 Å². The number of hydrogen-bond donors (Lipinski definition) is 1. The van der Waals surface area contributed by atoms with Crippen LogP contribution in [0.4, 0.5) is 5.69 Å². The molecule has 6 heteroatoms. The zero-order valence-corrected chi connectivity index (χ0v) is 11.4. The first-order chi connectivity index (χ1) is 9.40. The lowest BCUT2D eigenvalue weighted by atomic mass is 9.82. The lowest BCUT2D eigenvalue weighted by Gasteiger charge is -2.37. The first-order valence-corrected chi connectivity index (χ1v) is 6.60. The predicted molar refractivity (Wildman–Crippen MR) is 73.4 cm³/mol. The topological polar surface area (TPSA) is 83.7 Å². The maximum Gasteiger partial charge on any atom is 0.310 e. The van der Waals surface area contributed by atoms with Gasteiger partial charge in [-0.3, -0.25) is 19.8 Å². The van der Waals surface area contributed by atoms with Crippen molar-refractivity contribution in [1.29, 1.82) is 0 Å². The number of carbonyl (C=O) groups is 1. The van der Waals surface area contributed by atoms with Crippen LogP contribution in [0.15, 0.2) is 24.3 Å². The Morgan fingerprint density at radius 3 is 2.95 bits per heavy atom. The van der Waals surface area contributed by atoms with Crippen LogP contribution in [0.2, 0.25) is 0 Å². The second-order valence-electron chi connectivity index (χ2n) is 5.61. The van der Waals surface area contributed by atoms with Crippen molar-refractivity contribution >= 4 is 11.7 Å². The Balaban J connectivity index is 2.08. The smallest absolute Gasteiger partial charge is 0.310 e. The summed E-state index contributed by atoms with van der Waals surface area (Å²) in [6, 6.07) is 6.50. The number of nitrogens with zero attached hydrogens (tertiary/aromatic N) is 2. The van der Waals surface area contributed by atoms with Crippen molar-refractivity contribution in [1.82, 2.24) is 4.90 Å². The number of non-ortho nitro benzene ring substituents is 1. The molecule has 20 heavy (non-hydrogen) atoms. The molecule has 1 aromatic carbocycles. The highest BCUT2D eigenvalue weighted by Crippen LogP contribution is 2.30. The molecule has 108 valence electrons. The minimum absolute atomic E-state index is 0.0699. The Labute approximate surface area is 117 Å². The minimum atomic E-state index is -0.777. The average molecular weight is 278 g/mol. The fraction of sp³-hybridized carbons (Fsp3) is 0.500. The van der Waals surface area contributed by atoms with Crippen molar-refractivity contribution in [3.05, 3.63) is 39.9 Å². The number of carboxylic acids is 1. The number of hydrogen-bond acceptors (Lipinski definition) is 4. The van der Waals surface area contributed by atoms with Crippen molar-refractivity contribution in [3.8, 4) is 0 Å². The van der Waals surface area contributed by atoms with Gasteiger partial charge in [-0.15, -0.1) is 0 Å². The van der Waals surface area contributed by atoms with E-state index >= 15 is 0 Å². The quantitative estimate of drug-likeness (QED) is 0.674. The van der Waals surface area contributed by atoms with Crippen molar-refractivity contribution in [2.24, 2.45) is 5.41 Å². The molecule has 1 unspecified atom stereocenters. The summed E-state index contributed by atoms with van der Waals surface area (Å²) in [5.74, 6) is -0.777. The van der Waals surface area contributed by atoms with Gasteiger partial charge in [-0.25, -0.2) is 0 Å². The predicted octanol–water partition coefficient (Wildman–Crippen LogP) is 2.28. The van der Waals surface area contributed by atoms with E-state index in [2.05, 4.69) is 4.90 Å². The second-order valence-corrected chi connectivity index (χ2v) is 5.61. The van der Waals surface area contributed by atoms with Crippen LogP contribution in [0.5, 0.6) is 0 Å². The molecule has 0 spiro atoms. The van der Waals surface area contributed by atoms with Crippen LogP contribution in [-0.2, 0) is 11.3 Å². The lowest BCUT2D eigenvalue weighted by molar-refractivity contribution is -0.384. The number of nitro groups is 1. The molecule has 0 bridgehead atoms. The molecule has 1 aliphatic rings. The third-order valence-corrected chi connectivity index (χ3v) is 3.82. The first-order valence-electron chi connectivity index (χ1n) is 6.60. The fourth-order valence-corrected chi connectivity index (χ4v) is 2.68. The zero-order chi connectivity index (χ0) is 14.8. The van der Waals surface area contributed by atoms with Gasteiger partial charge in [0.1, 0.15) is 0 Å². The highest BCUT2D eigenvalue weighted by atomic mass is 16.6. The maximum absolute atomic E-state index is 11.3. The van der Waals surface area contributed by atoms with Crippen LogP contribution in [0.25, 0.3) is 0 Å². The lowest BCUT2D eigenvalue weighted by Crippen LogP contribution is -2.45. The number of rotatable bonds is 4. The number of nitro benzene ring substituents is 1. The van der Waals surface area contributed by atoms with Crippen molar-refractivity contribution in [2.75, 3.05) is 13.1 Å². The molecule has 1 atom stereocenters. The number of aliphatic carboxylic acids is 1. The van der Waals surface area contributed by atoms with Crippen LogP contribution < -0.4 is 0 Å². The van der Waals surface area contributed by atoms with E-state index in [1.54, 1.807) is 19.1 Å². The van der Waals surface area contributed by atoms with Crippen LogP contribution in [0.3, 0.4) is 0 Å². The Hall–Kier alpha value is -1.95. The largest absolute Gasteiger partial charge is 0.481 e. The molecule has 1 N–H and O–H groups in total. The standard InChI is InChI=1S/C14H18N2O4/c1-14(13(17)18)6-3-7-15(10-14)9-11-4-2-5-12(8-11)16(19)20/h2,4-5,8H,3,6-7,9-10H2,1H3,(H,17,18). The Morgan fingerprint density at radius 1 is 1.55 bits per heavy atom. The SMILES string of the molecule is CC1(C(=O)O)CCCN(Cc2cccc([N+](=O)[O-])c2)C1. The zero-order valence-electron chi connectivity index (χ0n) is 11.4. The van der Waals surface area contributed by atoms with Gasteiger partial charge in [-0.1, -0.05) is 12.1 Å². The first kappa shape index (κ1) is 14.5. The number of carboxylic acid groups (broad SMARTS) is 1. The van der Waals surface area contributed by atoms with E-state index in [4.69, 9.17) is 0 Å². The van der Waals surface area contributed by atoms with Gasteiger partial charge in [0.2, 0.25) is 0 Å². The third kappa shape index (κ3) is 3.14. The highest BCUT2D eigenvalue weighted by Gasteiger charge is 2.37. The summed E-state index contributed by atoms with van der Waals surface area (Å²) in [6.07, 6.45) is 1.51. The normalized spacial score (nSPS) is 23.4. The number of likely N-dealkylation sites (tertiary alicyclic amines) is 1. The highest BCUT2D eigenvalue weighted by molar-refractivity contribution is 5.74. The molecule has 1 fully saturated rings. The fourth-order valence-electron chi connectivity index (χ4n) is 2.68. The summed E-state index contributed by atoms with van der Waals surface area (Å²) in [7, 11) is 0. The van der Waals surface area contributed by atoms with Gasteiger partial charge in [-0.2, -0.15) is 0 Å². The maximum atomic E-state index is 11.3. The van der Waals surface area contributed by atoms with Gasteiger partial charge in [0.25, 0.3) is 5.69 Å². The molecular formula is C14H18N2O4. The van der Waals surface area contributed by atoms with Gasteiger partial charge in [-0.05, 0) is 31.9 Å². The van der Waals surface area contributed by atoms with E-state index < -0.39 is 16.3 Å².